The van der Waals surface area contributed by atoms with Crippen molar-refractivity contribution in [2.45, 2.75) is 57.5 Å². The minimum atomic E-state index is -0.687. The van der Waals surface area contributed by atoms with Crippen LogP contribution in [0.5, 0.6) is 0 Å². The smallest absolute Gasteiger partial charge is 0.101 e. The van der Waals surface area contributed by atoms with E-state index >= 15 is 0 Å². The number of nitrogens with zero attached hydrogens (tertiary/aromatic N) is 5. The zero-order valence-corrected chi connectivity index (χ0v) is 39.5. The van der Waals surface area contributed by atoms with Gasteiger partial charge in [0.25, 0.3) is 0 Å². The van der Waals surface area contributed by atoms with Gasteiger partial charge in [-0.1, -0.05) is 144 Å². The van der Waals surface area contributed by atoms with Gasteiger partial charge >= 0.3 is 0 Å². The van der Waals surface area contributed by atoms with Gasteiger partial charge in [-0.05, 0) is 121 Å². The van der Waals surface area contributed by atoms with Crippen LogP contribution in [0, 0.1) is 66.6 Å². The van der Waals surface area contributed by atoms with Crippen LogP contribution in [-0.4, -0.2) is 10.6 Å². The molecule has 1 aliphatic heterocycles. The average Bonchev–Trinajstić information content (AvgIpc) is 4.24. The largest absolute Gasteiger partial charge is 0.334 e. The van der Waals surface area contributed by atoms with Crippen molar-refractivity contribution in [2.75, 3.05) is 4.90 Å². The van der Waals surface area contributed by atoms with Gasteiger partial charge in [0.2, 0.25) is 0 Å². The molecule has 5 aliphatic rings. The van der Waals surface area contributed by atoms with Gasteiger partial charge in [0.1, 0.15) is 12.1 Å². The van der Waals surface area contributed by atoms with Crippen LogP contribution in [0.25, 0.3) is 55.3 Å². The topological polar surface area (TPSA) is 106 Å². The molecule has 2 N–H and O–H groups in total. The van der Waals surface area contributed by atoms with Gasteiger partial charge in [0, 0.05) is 50.9 Å². The van der Waals surface area contributed by atoms with E-state index in [0.29, 0.717) is 23.2 Å². The number of rotatable bonds is 7. The maximum Gasteiger partial charge on any atom is 0.101 e. The van der Waals surface area contributed by atoms with Crippen molar-refractivity contribution >= 4 is 38.8 Å². The number of hydrogen-bond donors (Lipinski definition) is 1. The summed E-state index contributed by atoms with van der Waals surface area (Å²) in [5.41, 5.74) is 25.1. The van der Waals surface area contributed by atoms with Crippen molar-refractivity contribution in [2.24, 2.45) is 17.6 Å². The fourth-order valence-corrected chi connectivity index (χ4v) is 13.1. The molecule has 6 heteroatoms. The Morgan fingerprint density at radius 2 is 1.33 bits per heavy atom. The number of aryl methyl sites for hydroxylation is 3. The first-order chi connectivity index (χ1) is 34.1. The highest BCUT2D eigenvalue weighted by Crippen LogP contribution is 2.74. The molecule has 0 bridgehead atoms. The van der Waals surface area contributed by atoms with Crippen molar-refractivity contribution < 1.29 is 0 Å². The maximum atomic E-state index is 12.1. The Labute approximate surface area is 408 Å². The number of allylic oxidation sites excluding steroid dienone is 6. The first kappa shape index (κ1) is 41.7. The Balaban J connectivity index is 1.27. The fraction of sp³-hybridized carbons (Fsp3) is 0.172. The van der Waals surface area contributed by atoms with Crippen LogP contribution < -0.4 is 10.6 Å². The van der Waals surface area contributed by atoms with E-state index in [2.05, 4.69) is 195 Å². The molecule has 0 radical (unpaired) electrons. The highest BCUT2D eigenvalue weighted by Gasteiger charge is 2.72. The first-order valence-corrected chi connectivity index (χ1v) is 24.3. The molecule has 4 aliphatic carbocycles. The first-order valence-electron chi connectivity index (χ1n) is 24.3. The van der Waals surface area contributed by atoms with Gasteiger partial charge < -0.3 is 15.2 Å². The van der Waals surface area contributed by atoms with Crippen molar-refractivity contribution in [3.05, 3.63) is 225 Å². The molecule has 0 saturated heterocycles. The van der Waals surface area contributed by atoms with Crippen molar-refractivity contribution in [1.29, 1.82) is 15.8 Å². The van der Waals surface area contributed by atoms with E-state index in [1.165, 1.54) is 16.7 Å². The Morgan fingerprint density at radius 1 is 0.671 bits per heavy atom. The predicted octanol–water partition coefficient (Wildman–Crippen LogP) is 13.9. The Kier molecular flexibility index (Phi) is 8.94. The Bertz CT molecular complexity index is 3830. The summed E-state index contributed by atoms with van der Waals surface area (Å²) in [4.78, 5) is 2.62. The van der Waals surface area contributed by atoms with Gasteiger partial charge in [-0.25, -0.2) is 0 Å². The molecule has 2 saturated carbocycles. The number of anilines is 2. The highest BCUT2D eigenvalue weighted by molar-refractivity contribution is 6.13. The third kappa shape index (κ3) is 5.62. The summed E-state index contributed by atoms with van der Waals surface area (Å²) in [7, 11) is 0. The molecule has 0 amide bonds. The number of nitriles is 3. The Hall–Kier alpha value is -8.47. The summed E-state index contributed by atoms with van der Waals surface area (Å²) in [6.45, 7) is 9.11. The van der Waals surface area contributed by atoms with Crippen LogP contribution in [0.1, 0.15) is 69.0 Å². The van der Waals surface area contributed by atoms with E-state index in [-0.39, 0.29) is 23.3 Å². The average molecular weight is 901 g/mol. The maximum absolute atomic E-state index is 12.1. The number of fused-ring (bicyclic) bond motifs is 6. The van der Waals surface area contributed by atoms with E-state index < -0.39 is 5.41 Å². The monoisotopic (exact) mass is 900 g/mol. The number of benzene rings is 7. The highest BCUT2D eigenvalue weighted by atomic mass is 15.3. The SMILES string of the molecule is CC1=CC23c4cc(C)ccc4N(c4c(-n5c6ccc(C)cc6c6cc(C)ccc65)c(-c5ccccc5-c5ccc(CN)cc5)c(C#N)c(C#N)c4C45CC4C=CC=C5c4ccc(C#N)cc4)C2C3C=C1. The van der Waals surface area contributed by atoms with E-state index in [1.54, 1.807) is 0 Å². The van der Waals surface area contributed by atoms with Gasteiger partial charge in [-0.15, -0.1) is 0 Å². The fourth-order valence-electron chi connectivity index (χ4n) is 13.1. The summed E-state index contributed by atoms with van der Waals surface area (Å²) >= 11 is 0. The van der Waals surface area contributed by atoms with Crippen molar-refractivity contribution in [1.82, 2.24) is 4.57 Å². The summed E-state index contributed by atoms with van der Waals surface area (Å²) in [5, 5.41) is 36.4. The van der Waals surface area contributed by atoms with Crippen LogP contribution in [0.2, 0.25) is 0 Å². The molecule has 2 heterocycles. The second-order valence-corrected chi connectivity index (χ2v) is 20.2. The molecule has 1 spiro atoms. The van der Waals surface area contributed by atoms with Crippen LogP contribution in [0.15, 0.2) is 169 Å². The second kappa shape index (κ2) is 15.0. The molecule has 5 unspecified atom stereocenters. The number of nitrogens with two attached hydrogens (primary N) is 1. The van der Waals surface area contributed by atoms with E-state index in [0.717, 1.165) is 101 Å². The Morgan fingerprint density at radius 3 is 2.00 bits per heavy atom. The molecule has 13 rings (SSSR count). The summed E-state index contributed by atoms with van der Waals surface area (Å²) in [5.74, 6) is 0.230. The lowest BCUT2D eigenvalue weighted by Gasteiger charge is -2.37. The molecule has 334 valence electrons. The second-order valence-electron chi connectivity index (χ2n) is 20.2. The normalized spacial score (nSPS) is 22.0. The summed E-state index contributed by atoms with van der Waals surface area (Å²) in [6.07, 6.45) is 14.6. The van der Waals surface area contributed by atoms with Gasteiger partial charge in [-0.2, -0.15) is 15.8 Å². The number of aromatic nitrogens is 1. The number of hydrogen-bond acceptors (Lipinski definition) is 5. The molecular weight excluding hydrogens is 853 g/mol. The van der Waals surface area contributed by atoms with E-state index in [9.17, 15) is 15.8 Å². The third-order valence-electron chi connectivity index (χ3n) is 16.2. The van der Waals surface area contributed by atoms with Gasteiger partial charge in [0.05, 0.1) is 51.2 Å². The zero-order valence-electron chi connectivity index (χ0n) is 39.5. The van der Waals surface area contributed by atoms with Gasteiger partial charge in [0.15, 0.2) is 0 Å². The molecule has 70 heavy (non-hydrogen) atoms. The lowest BCUT2D eigenvalue weighted by molar-refractivity contribution is 0.813. The quantitative estimate of drug-likeness (QED) is 0.171. The van der Waals surface area contributed by atoms with Crippen LogP contribution in [0.4, 0.5) is 11.4 Å². The predicted molar refractivity (Wildman–Crippen MR) is 282 cm³/mol. The third-order valence-corrected chi connectivity index (χ3v) is 16.2. The summed E-state index contributed by atoms with van der Waals surface area (Å²) < 4.78 is 2.44. The molecule has 8 aromatic rings. The van der Waals surface area contributed by atoms with E-state index in [4.69, 9.17) is 5.73 Å². The van der Waals surface area contributed by atoms with Crippen LogP contribution in [0.3, 0.4) is 0 Å². The molecule has 2 fully saturated rings. The molecule has 1 aromatic heterocycles. The minimum Gasteiger partial charge on any atom is -0.334 e. The molecule has 7 aromatic carbocycles. The lowest BCUT2D eigenvalue weighted by atomic mass is 9.73. The molecule has 6 nitrogen and oxygen atoms in total. The van der Waals surface area contributed by atoms with E-state index in [1.807, 2.05) is 24.3 Å². The van der Waals surface area contributed by atoms with Crippen LogP contribution >= 0.6 is 0 Å². The van der Waals surface area contributed by atoms with Crippen molar-refractivity contribution in [3.8, 4) is 46.1 Å². The lowest BCUT2D eigenvalue weighted by Crippen LogP contribution is -2.29. The van der Waals surface area contributed by atoms with Crippen molar-refractivity contribution in [3.63, 3.8) is 0 Å². The summed E-state index contributed by atoms with van der Waals surface area (Å²) in [6, 6.07) is 52.9. The zero-order chi connectivity index (χ0) is 47.8. The van der Waals surface area contributed by atoms with Gasteiger partial charge in [-0.3, -0.25) is 0 Å². The standard InChI is InChI=1S/C64H48N6/c1-37-13-25-55-48(28-37)49-29-38(2)14-26-56(49)69(55)60-58(47-10-6-5-9-46(47)43-20-16-41(33-65)17-21-43)50(35-67)51(36-68)59(63-32-45(63)8-7-11-52(63)44-22-18-42(34-66)19-23-44)61(60)70-57-27-15-39(3)30-54(57)64-31-40(4)12-24-53(64)62(64)70/h5-31,45,53,62H,32-33,65H2,1-4H3. The molecular formula is C64H48N6. The minimum absolute atomic E-state index is 0.00506. The molecule has 5 atom stereocenters. The van der Waals surface area contributed by atoms with Crippen LogP contribution in [-0.2, 0) is 17.4 Å².